The van der Waals surface area contributed by atoms with E-state index in [9.17, 15) is 4.79 Å². The molecule has 0 aromatic rings. The highest BCUT2D eigenvalue weighted by atomic mass is 35.5. The van der Waals surface area contributed by atoms with Crippen LogP contribution in [0.4, 0.5) is 0 Å². The molecule has 1 heterocycles. The SMILES string of the molecule is C=C1CN[C@H](C(=O)O)C1.Cl. The van der Waals surface area contributed by atoms with E-state index < -0.39 is 12.0 Å². The summed E-state index contributed by atoms with van der Waals surface area (Å²) in [6.45, 7) is 4.31. The van der Waals surface area contributed by atoms with Gasteiger partial charge in [0.05, 0.1) is 0 Å². The Kier molecular flexibility index (Phi) is 3.39. The molecule has 58 valence electrons. The van der Waals surface area contributed by atoms with Crippen molar-refractivity contribution in [3.05, 3.63) is 12.2 Å². The predicted octanol–water partition coefficient (Wildman–Crippen LogP) is 0.411. The predicted molar refractivity (Wildman–Crippen MR) is 40.4 cm³/mol. The van der Waals surface area contributed by atoms with E-state index in [1.54, 1.807) is 0 Å². The zero-order chi connectivity index (χ0) is 6.85. The van der Waals surface area contributed by atoms with Crippen molar-refractivity contribution in [3.63, 3.8) is 0 Å². The molecule has 1 rings (SSSR count). The first-order valence-electron chi connectivity index (χ1n) is 2.83. The summed E-state index contributed by atoms with van der Waals surface area (Å²) in [6, 6.07) is -0.391. The Hall–Kier alpha value is -0.540. The van der Waals surface area contributed by atoms with Crippen molar-refractivity contribution in [1.29, 1.82) is 0 Å². The maximum Gasteiger partial charge on any atom is 0.321 e. The molecule has 1 atom stereocenters. The second kappa shape index (κ2) is 3.58. The minimum atomic E-state index is -0.784. The van der Waals surface area contributed by atoms with Gasteiger partial charge in [0.2, 0.25) is 0 Å². The van der Waals surface area contributed by atoms with E-state index in [0.29, 0.717) is 13.0 Å². The van der Waals surface area contributed by atoms with Gasteiger partial charge < -0.3 is 10.4 Å². The zero-order valence-electron chi connectivity index (χ0n) is 5.46. The Morgan fingerprint density at radius 2 is 2.40 bits per heavy atom. The summed E-state index contributed by atoms with van der Waals surface area (Å²) >= 11 is 0. The van der Waals surface area contributed by atoms with Crippen LogP contribution < -0.4 is 5.32 Å². The lowest BCUT2D eigenvalue weighted by Gasteiger charge is -1.99. The Morgan fingerprint density at radius 3 is 2.60 bits per heavy atom. The van der Waals surface area contributed by atoms with E-state index in [0.717, 1.165) is 5.57 Å². The third-order valence-electron chi connectivity index (χ3n) is 1.39. The molecule has 1 aliphatic heterocycles. The third kappa shape index (κ3) is 2.01. The number of carboxylic acid groups (broad SMARTS) is 1. The van der Waals surface area contributed by atoms with Gasteiger partial charge in [-0.25, -0.2) is 0 Å². The molecule has 0 radical (unpaired) electrons. The summed E-state index contributed by atoms with van der Waals surface area (Å²) in [5.41, 5.74) is 0.974. The Labute approximate surface area is 65.5 Å². The smallest absolute Gasteiger partial charge is 0.321 e. The Balaban J connectivity index is 0.000000810. The standard InChI is InChI=1S/C6H9NO2.ClH/c1-4-2-5(6(8)9)7-3-4;/h5,7H,1-3H2,(H,8,9);1H/t5-;/m0./s1. The lowest BCUT2D eigenvalue weighted by molar-refractivity contribution is -0.138. The number of halogens is 1. The highest BCUT2D eigenvalue weighted by Gasteiger charge is 2.22. The number of carbonyl (C=O) groups is 1. The lowest BCUT2D eigenvalue weighted by atomic mass is 10.2. The van der Waals surface area contributed by atoms with Gasteiger partial charge in [0.1, 0.15) is 6.04 Å². The molecule has 0 aliphatic carbocycles. The van der Waals surface area contributed by atoms with Crippen molar-refractivity contribution in [2.45, 2.75) is 12.5 Å². The number of hydrogen-bond acceptors (Lipinski definition) is 2. The first-order chi connectivity index (χ1) is 4.20. The Morgan fingerprint density at radius 1 is 1.80 bits per heavy atom. The first-order valence-corrected chi connectivity index (χ1v) is 2.83. The molecule has 1 saturated heterocycles. The second-order valence-electron chi connectivity index (χ2n) is 2.23. The van der Waals surface area contributed by atoms with Crippen LogP contribution in [-0.2, 0) is 4.79 Å². The van der Waals surface area contributed by atoms with Crippen molar-refractivity contribution < 1.29 is 9.90 Å². The molecule has 0 saturated carbocycles. The fraction of sp³-hybridized carbons (Fsp3) is 0.500. The maximum atomic E-state index is 10.2. The summed E-state index contributed by atoms with van der Waals surface area (Å²) < 4.78 is 0. The summed E-state index contributed by atoms with van der Waals surface area (Å²) in [4.78, 5) is 10.2. The monoisotopic (exact) mass is 163 g/mol. The summed E-state index contributed by atoms with van der Waals surface area (Å²) in [6.07, 6.45) is 0.579. The fourth-order valence-electron chi connectivity index (χ4n) is 0.875. The van der Waals surface area contributed by atoms with E-state index >= 15 is 0 Å². The van der Waals surface area contributed by atoms with Crippen LogP contribution in [0.2, 0.25) is 0 Å². The highest BCUT2D eigenvalue weighted by molar-refractivity contribution is 5.85. The average Bonchev–Trinajstić information content (AvgIpc) is 2.14. The first kappa shape index (κ1) is 9.46. The largest absolute Gasteiger partial charge is 0.480 e. The number of rotatable bonds is 1. The summed E-state index contributed by atoms with van der Waals surface area (Å²) in [5.74, 6) is -0.784. The fourth-order valence-corrected chi connectivity index (χ4v) is 0.875. The third-order valence-corrected chi connectivity index (χ3v) is 1.39. The topological polar surface area (TPSA) is 49.3 Å². The number of hydrogen-bond donors (Lipinski definition) is 2. The molecule has 3 nitrogen and oxygen atoms in total. The van der Waals surface area contributed by atoms with E-state index in [1.165, 1.54) is 0 Å². The molecular formula is C6H10ClNO2. The molecule has 10 heavy (non-hydrogen) atoms. The van der Waals surface area contributed by atoms with Crippen LogP contribution in [0.25, 0.3) is 0 Å². The molecule has 0 unspecified atom stereocenters. The minimum Gasteiger partial charge on any atom is -0.480 e. The number of aliphatic carboxylic acids is 1. The minimum absolute atomic E-state index is 0. The lowest BCUT2D eigenvalue weighted by Crippen LogP contribution is -2.29. The van der Waals surface area contributed by atoms with Crippen LogP contribution in [0.3, 0.4) is 0 Å². The van der Waals surface area contributed by atoms with Crippen LogP contribution in [0.5, 0.6) is 0 Å². The normalized spacial score (nSPS) is 24.0. The quantitative estimate of drug-likeness (QED) is 0.551. The molecule has 0 aromatic heterocycles. The van der Waals surface area contributed by atoms with Crippen molar-refractivity contribution in [2.75, 3.05) is 6.54 Å². The van der Waals surface area contributed by atoms with E-state index in [-0.39, 0.29) is 12.4 Å². The molecule has 0 aromatic carbocycles. The van der Waals surface area contributed by atoms with Crippen LogP contribution in [0, 0.1) is 0 Å². The Bertz CT molecular complexity index is 158. The average molecular weight is 164 g/mol. The molecule has 0 spiro atoms. The van der Waals surface area contributed by atoms with E-state index in [4.69, 9.17) is 5.11 Å². The van der Waals surface area contributed by atoms with Crippen molar-refractivity contribution >= 4 is 18.4 Å². The zero-order valence-corrected chi connectivity index (χ0v) is 6.28. The van der Waals surface area contributed by atoms with Gasteiger partial charge in [0.25, 0.3) is 0 Å². The van der Waals surface area contributed by atoms with Gasteiger partial charge in [-0.2, -0.15) is 0 Å². The molecule has 0 bridgehead atoms. The van der Waals surface area contributed by atoms with E-state index in [1.807, 2.05) is 0 Å². The van der Waals surface area contributed by atoms with Gasteiger partial charge in [-0.3, -0.25) is 4.79 Å². The van der Waals surface area contributed by atoms with Crippen LogP contribution in [0.1, 0.15) is 6.42 Å². The van der Waals surface area contributed by atoms with Crippen LogP contribution >= 0.6 is 12.4 Å². The maximum absolute atomic E-state index is 10.2. The van der Waals surface area contributed by atoms with E-state index in [2.05, 4.69) is 11.9 Å². The van der Waals surface area contributed by atoms with Crippen molar-refractivity contribution in [2.24, 2.45) is 0 Å². The van der Waals surface area contributed by atoms with Crippen LogP contribution in [0.15, 0.2) is 12.2 Å². The van der Waals surface area contributed by atoms with Crippen LogP contribution in [-0.4, -0.2) is 23.7 Å². The summed E-state index contributed by atoms with van der Waals surface area (Å²) in [7, 11) is 0. The van der Waals surface area contributed by atoms with Crippen molar-refractivity contribution in [1.82, 2.24) is 5.32 Å². The molecule has 4 heteroatoms. The molecule has 1 fully saturated rings. The number of nitrogens with one attached hydrogen (secondary N) is 1. The van der Waals surface area contributed by atoms with Crippen molar-refractivity contribution in [3.8, 4) is 0 Å². The molecule has 0 amide bonds. The molecule has 1 aliphatic rings. The second-order valence-corrected chi connectivity index (χ2v) is 2.23. The van der Waals surface area contributed by atoms with Gasteiger partial charge in [0, 0.05) is 6.54 Å². The van der Waals surface area contributed by atoms with Gasteiger partial charge in [-0.15, -0.1) is 12.4 Å². The van der Waals surface area contributed by atoms with Gasteiger partial charge in [0.15, 0.2) is 0 Å². The van der Waals surface area contributed by atoms with Gasteiger partial charge in [-0.1, -0.05) is 12.2 Å². The van der Waals surface area contributed by atoms with Gasteiger partial charge >= 0.3 is 5.97 Å². The van der Waals surface area contributed by atoms with Gasteiger partial charge in [-0.05, 0) is 6.42 Å². The molecular weight excluding hydrogens is 154 g/mol. The number of carboxylic acids is 1. The highest BCUT2D eigenvalue weighted by Crippen LogP contribution is 2.09. The molecule has 2 N–H and O–H groups in total. The summed E-state index contributed by atoms with van der Waals surface area (Å²) in [5, 5.41) is 11.2.